The lowest BCUT2D eigenvalue weighted by molar-refractivity contribution is -0.132. The summed E-state index contributed by atoms with van der Waals surface area (Å²) in [5.41, 5.74) is -0.538. The first kappa shape index (κ1) is 23.3. The number of aliphatic hydroxyl groups excluding tert-OH is 1. The number of Topliss-reactive ketones (excluding diaryl/α,β-unsaturated/α-hetero) is 1. The molecular weight excluding hydrogens is 468 g/mol. The zero-order chi connectivity index (χ0) is 24.6. The summed E-state index contributed by atoms with van der Waals surface area (Å²) >= 11 is 6.11. The van der Waals surface area contributed by atoms with E-state index in [9.17, 15) is 28.6 Å². The van der Waals surface area contributed by atoms with Crippen LogP contribution >= 0.6 is 11.6 Å². The lowest BCUT2D eigenvalue weighted by atomic mass is 9.95. The molecule has 6 nitrogen and oxygen atoms in total. The quantitative estimate of drug-likeness (QED) is 0.289. The van der Waals surface area contributed by atoms with Crippen molar-refractivity contribution in [2.24, 2.45) is 0 Å². The van der Waals surface area contributed by atoms with Gasteiger partial charge in [0.25, 0.3) is 11.7 Å². The molecule has 0 saturated carbocycles. The first-order valence-electron chi connectivity index (χ1n) is 10.2. The molecule has 4 rings (SSSR count). The lowest BCUT2D eigenvalue weighted by Crippen LogP contribution is -2.30. The van der Waals surface area contributed by atoms with Crippen LogP contribution in [0.3, 0.4) is 0 Å². The van der Waals surface area contributed by atoms with Crippen molar-refractivity contribution in [3.05, 3.63) is 94.0 Å². The maximum atomic E-state index is 14.7. The number of benzene rings is 3. The molecule has 0 aliphatic carbocycles. The zero-order valence-electron chi connectivity index (χ0n) is 17.8. The molecule has 0 aromatic heterocycles. The molecule has 1 heterocycles. The molecule has 2 N–H and O–H groups in total. The summed E-state index contributed by atoms with van der Waals surface area (Å²) in [4.78, 5) is 26.9. The van der Waals surface area contributed by atoms with Crippen LogP contribution in [0.2, 0.25) is 5.02 Å². The first-order valence-corrected chi connectivity index (χ1v) is 10.6. The average Bonchev–Trinajstić information content (AvgIpc) is 3.07. The van der Waals surface area contributed by atoms with E-state index in [-0.39, 0.29) is 39.8 Å². The molecule has 0 bridgehead atoms. The van der Waals surface area contributed by atoms with Crippen LogP contribution in [0.25, 0.3) is 5.76 Å². The van der Waals surface area contributed by atoms with E-state index in [2.05, 4.69) is 0 Å². The predicted octanol–water partition coefficient (Wildman–Crippen LogP) is 5.35. The number of rotatable bonds is 5. The first-order chi connectivity index (χ1) is 16.2. The topological polar surface area (TPSA) is 87.1 Å². The van der Waals surface area contributed by atoms with Crippen LogP contribution < -0.4 is 9.64 Å². The van der Waals surface area contributed by atoms with Crippen molar-refractivity contribution in [3.8, 4) is 11.5 Å². The highest BCUT2D eigenvalue weighted by atomic mass is 35.5. The molecule has 1 unspecified atom stereocenters. The maximum absolute atomic E-state index is 14.7. The van der Waals surface area contributed by atoms with Gasteiger partial charge in [0.2, 0.25) is 0 Å². The number of nitrogens with zero attached hydrogens (tertiary/aromatic N) is 1. The number of phenols is 1. The van der Waals surface area contributed by atoms with Crippen LogP contribution in [0.4, 0.5) is 14.5 Å². The fourth-order valence-corrected chi connectivity index (χ4v) is 4.01. The number of aromatic hydroxyl groups is 1. The molecule has 1 atom stereocenters. The van der Waals surface area contributed by atoms with Gasteiger partial charge < -0.3 is 14.9 Å². The second-order valence-corrected chi connectivity index (χ2v) is 7.85. The molecule has 0 radical (unpaired) electrons. The van der Waals surface area contributed by atoms with Crippen LogP contribution in [0.5, 0.6) is 11.5 Å². The Balaban J connectivity index is 1.97. The summed E-state index contributed by atoms with van der Waals surface area (Å²) in [5, 5.41) is 21.4. The van der Waals surface area contributed by atoms with Gasteiger partial charge in [-0.2, -0.15) is 0 Å². The second-order valence-electron chi connectivity index (χ2n) is 7.44. The molecule has 1 aliphatic rings. The van der Waals surface area contributed by atoms with Crippen molar-refractivity contribution in [1.82, 2.24) is 0 Å². The number of amides is 1. The van der Waals surface area contributed by atoms with Gasteiger partial charge in [0.15, 0.2) is 0 Å². The Morgan fingerprint density at radius 1 is 1.09 bits per heavy atom. The van der Waals surface area contributed by atoms with Crippen LogP contribution in [0, 0.1) is 11.6 Å². The highest BCUT2D eigenvalue weighted by Gasteiger charge is 2.48. The highest BCUT2D eigenvalue weighted by Crippen LogP contribution is 2.44. The minimum atomic E-state index is -1.35. The van der Waals surface area contributed by atoms with Gasteiger partial charge in [-0.1, -0.05) is 23.7 Å². The fraction of sp³-hybridized carbons (Fsp3) is 0.120. The van der Waals surface area contributed by atoms with Crippen molar-refractivity contribution >= 4 is 34.7 Å². The molecule has 9 heteroatoms. The van der Waals surface area contributed by atoms with Gasteiger partial charge in [-0.15, -0.1) is 0 Å². The van der Waals surface area contributed by atoms with Crippen molar-refractivity contribution in [2.75, 3.05) is 11.5 Å². The summed E-state index contributed by atoms with van der Waals surface area (Å²) in [7, 11) is 0. The van der Waals surface area contributed by atoms with E-state index in [4.69, 9.17) is 16.3 Å². The number of anilines is 1. The van der Waals surface area contributed by atoms with E-state index in [1.165, 1.54) is 42.5 Å². The van der Waals surface area contributed by atoms with Gasteiger partial charge in [-0.3, -0.25) is 14.5 Å². The Kier molecular flexibility index (Phi) is 6.26. The van der Waals surface area contributed by atoms with Gasteiger partial charge >= 0.3 is 0 Å². The number of hydrogen-bond acceptors (Lipinski definition) is 5. The Morgan fingerprint density at radius 3 is 2.56 bits per heavy atom. The number of ether oxygens (including phenoxy) is 1. The summed E-state index contributed by atoms with van der Waals surface area (Å²) in [6.07, 6.45) is 0. The SMILES string of the molecule is CCOc1cc(/C(O)=C2\C(=O)C(=O)N(c3cc(F)ccc3F)C2c2cccc(O)c2)ccc1Cl. The lowest BCUT2D eigenvalue weighted by Gasteiger charge is -2.26. The van der Waals surface area contributed by atoms with E-state index in [0.717, 1.165) is 23.1 Å². The van der Waals surface area contributed by atoms with Crippen molar-refractivity contribution in [2.45, 2.75) is 13.0 Å². The van der Waals surface area contributed by atoms with Gasteiger partial charge in [0, 0.05) is 11.6 Å². The number of carbonyl (C=O) groups excluding carboxylic acids is 2. The Hall–Kier alpha value is -3.91. The van der Waals surface area contributed by atoms with Gasteiger partial charge in [0.1, 0.15) is 28.9 Å². The standard InChI is InChI=1S/C25H18ClF2NO5/c1-2-34-20-11-14(6-8-17(20)26)23(31)21-22(13-4-3-5-16(30)10-13)29(25(33)24(21)32)19-12-15(27)7-9-18(19)28/h3-12,22,30-31H,2H2,1H3/b23-21+. The Bertz CT molecular complexity index is 1340. The number of hydrogen-bond donors (Lipinski definition) is 2. The molecule has 1 saturated heterocycles. The van der Waals surface area contributed by atoms with Crippen LogP contribution in [-0.2, 0) is 9.59 Å². The number of aliphatic hydroxyl groups is 1. The number of phenolic OH excluding ortho intramolecular Hbond substituents is 1. The van der Waals surface area contributed by atoms with Crippen molar-refractivity contribution in [3.63, 3.8) is 0 Å². The zero-order valence-corrected chi connectivity index (χ0v) is 18.5. The molecule has 1 amide bonds. The fourth-order valence-electron chi connectivity index (χ4n) is 3.83. The summed E-state index contributed by atoms with van der Waals surface area (Å²) < 4.78 is 34.1. The van der Waals surface area contributed by atoms with Crippen molar-refractivity contribution in [1.29, 1.82) is 0 Å². The molecule has 0 spiro atoms. The van der Waals surface area contributed by atoms with Gasteiger partial charge in [-0.25, -0.2) is 8.78 Å². The van der Waals surface area contributed by atoms with Crippen LogP contribution in [0.1, 0.15) is 24.1 Å². The largest absolute Gasteiger partial charge is 0.508 e. The molecule has 3 aromatic carbocycles. The van der Waals surface area contributed by atoms with Crippen LogP contribution in [0.15, 0.2) is 66.2 Å². The van der Waals surface area contributed by atoms with E-state index in [1.54, 1.807) is 6.92 Å². The third kappa shape index (κ3) is 4.08. The average molecular weight is 486 g/mol. The predicted molar refractivity (Wildman–Crippen MR) is 122 cm³/mol. The van der Waals surface area contributed by atoms with E-state index < -0.39 is 40.8 Å². The monoisotopic (exact) mass is 485 g/mol. The number of ketones is 1. The molecule has 1 fully saturated rings. The highest BCUT2D eigenvalue weighted by molar-refractivity contribution is 6.51. The number of carbonyl (C=O) groups is 2. The van der Waals surface area contributed by atoms with Crippen LogP contribution in [-0.4, -0.2) is 28.5 Å². The van der Waals surface area contributed by atoms with E-state index in [0.29, 0.717) is 0 Å². The van der Waals surface area contributed by atoms with E-state index >= 15 is 0 Å². The minimum Gasteiger partial charge on any atom is -0.508 e. The smallest absolute Gasteiger partial charge is 0.300 e. The normalized spacial score (nSPS) is 17.3. The summed E-state index contributed by atoms with van der Waals surface area (Å²) in [6, 6.07) is 11.0. The second kappa shape index (κ2) is 9.15. The third-order valence-electron chi connectivity index (χ3n) is 5.30. The maximum Gasteiger partial charge on any atom is 0.300 e. The van der Waals surface area contributed by atoms with Gasteiger partial charge in [-0.05, 0) is 55.0 Å². The van der Waals surface area contributed by atoms with Gasteiger partial charge in [0.05, 0.1) is 28.9 Å². The number of halogens is 3. The molecular formula is C25H18ClF2NO5. The Labute approximate surface area is 198 Å². The van der Waals surface area contributed by atoms with E-state index in [1.807, 2.05) is 0 Å². The molecule has 1 aliphatic heterocycles. The minimum absolute atomic E-state index is 0.121. The summed E-state index contributed by atoms with van der Waals surface area (Å²) in [6.45, 7) is 2.03. The molecule has 34 heavy (non-hydrogen) atoms. The molecule has 174 valence electrons. The third-order valence-corrected chi connectivity index (χ3v) is 5.61. The van der Waals surface area contributed by atoms with Crippen molar-refractivity contribution < 1.29 is 33.3 Å². The molecule has 3 aromatic rings. The summed E-state index contributed by atoms with van der Waals surface area (Å²) in [5.74, 6) is -4.56. The Morgan fingerprint density at radius 2 is 1.85 bits per heavy atom.